The number of rotatable bonds is 7. The summed E-state index contributed by atoms with van der Waals surface area (Å²) in [5, 5.41) is 0. The molecule has 0 unspecified atom stereocenters. The van der Waals surface area contributed by atoms with Gasteiger partial charge in [0, 0.05) is 6.54 Å². The summed E-state index contributed by atoms with van der Waals surface area (Å²) in [5.41, 5.74) is 1.55. The molecule has 0 saturated carbocycles. The van der Waals surface area contributed by atoms with E-state index in [1.165, 1.54) is 64.6 Å². The van der Waals surface area contributed by atoms with Crippen LogP contribution in [0.3, 0.4) is 0 Å². The zero-order valence-corrected chi connectivity index (χ0v) is 12.5. The summed E-state index contributed by atoms with van der Waals surface area (Å²) in [7, 11) is 0. The lowest BCUT2D eigenvalue weighted by Gasteiger charge is -2.30. The van der Waals surface area contributed by atoms with E-state index in [4.69, 9.17) is 0 Å². The molecule has 0 aromatic heterocycles. The molecule has 0 amide bonds. The molecular weight excluding hydrogens is 230 g/mol. The van der Waals surface area contributed by atoms with Crippen LogP contribution >= 0.6 is 0 Å². The van der Waals surface area contributed by atoms with Crippen LogP contribution in [-0.2, 0) is 0 Å². The van der Waals surface area contributed by atoms with E-state index in [1.807, 2.05) is 0 Å². The van der Waals surface area contributed by atoms with E-state index in [9.17, 15) is 0 Å². The Balaban J connectivity index is 1.92. The number of hydrogen-bond acceptors (Lipinski definition) is 1. The minimum atomic E-state index is 0.742. The second-order valence-corrected chi connectivity index (χ2v) is 5.96. The molecule has 0 N–H and O–H groups in total. The highest BCUT2D eigenvalue weighted by Crippen LogP contribution is 2.25. The predicted molar refractivity (Wildman–Crippen MR) is 83.6 cm³/mol. The molecule has 1 atom stereocenters. The van der Waals surface area contributed by atoms with E-state index in [2.05, 4.69) is 42.2 Å². The van der Waals surface area contributed by atoms with E-state index < -0.39 is 0 Å². The van der Waals surface area contributed by atoms with Gasteiger partial charge >= 0.3 is 0 Å². The lowest BCUT2D eigenvalue weighted by atomic mass is 9.92. The standard InChI is InChI=1S/C18H29N/c1-2-3-6-13-18(17-11-7-4-8-12-17)16-19-14-9-5-10-15-19/h4,7-8,11-12,18H,2-3,5-6,9-10,13-16H2,1H3/t18-/m1/s1. The molecule has 1 fully saturated rings. The molecular formula is C18H29N. The molecule has 1 heterocycles. The Morgan fingerprint density at radius 2 is 1.74 bits per heavy atom. The maximum absolute atomic E-state index is 2.69. The summed E-state index contributed by atoms with van der Waals surface area (Å²) < 4.78 is 0. The third-order valence-corrected chi connectivity index (χ3v) is 4.35. The molecule has 1 heteroatoms. The molecule has 0 spiro atoms. The number of nitrogens with zero attached hydrogens (tertiary/aromatic N) is 1. The van der Waals surface area contributed by atoms with Crippen molar-refractivity contribution in [3.63, 3.8) is 0 Å². The third-order valence-electron chi connectivity index (χ3n) is 4.35. The SMILES string of the molecule is CCCCC[C@H](CN1CCCCC1)c1ccccc1. The van der Waals surface area contributed by atoms with Gasteiger partial charge in [-0.1, -0.05) is 62.9 Å². The van der Waals surface area contributed by atoms with Crippen LogP contribution in [0.15, 0.2) is 30.3 Å². The fourth-order valence-electron chi connectivity index (χ4n) is 3.18. The van der Waals surface area contributed by atoms with Crippen molar-refractivity contribution in [2.45, 2.75) is 57.8 Å². The van der Waals surface area contributed by atoms with Crippen molar-refractivity contribution in [1.82, 2.24) is 4.90 Å². The van der Waals surface area contributed by atoms with Crippen LogP contribution < -0.4 is 0 Å². The van der Waals surface area contributed by atoms with Crippen molar-refractivity contribution >= 4 is 0 Å². The first kappa shape index (κ1) is 14.6. The number of likely N-dealkylation sites (tertiary alicyclic amines) is 1. The molecule has 19 heavy (non-hydrogen) atoms. The molecule has 1 saturated heterocycles. The van der Waals surface area contributed by atoms with Gasteiger partial charge in [-0.05, 0) is 43.8 Å². The molecule has 0 aliphatic carbocycles. The van der Waals surface area contributed by atoms with Gasteiger partial charge in [-0.25, -0.2) is 0 Å². The Morgan fingerprint density at radius 1 is 1.00 bits per heavy atom. The van der Waals surface area contributed by atoms with Gasteiger partial charge in [-0.15, -0.1) is 0 Å². The minimum absolute atomic E-state index is 0.742. The van der Waals surface area contributed by atoms with Crippen molar-refractivity contribution in [2.75, 3.05) is 19.6 Å². The molecule has 1 aliphatic heterocycles. The zero-order chi connectivity index (χ0) is 13.3. The van der Waals surface area contributed by atoms with Gasteiger partial charge in [0.25, 0.3) is 0 Å². The summed E-state index contributed by atoms with van der Waals surface area (Å²) in [5.74, 6) is 0.742. The first-order valence-corrected chi connectivity index (χ1v) is 8.17. The van der Waals surface area contributed by atoms with Gasteiger partial charge in [0.15, 0.2) is 0 Å². The van der Waals surface area contributed by atoms with Crippen molar-refractivity contribution in [3.05, 3.63) is 35.9 Å². The highest BCUT2D eigenvalue weighted by atomic mass is 15.1. The number of piperidine rings is 1. The minimum Gasteiger partial charge on any atom is -0.303 e. The number of unbranched alkanes of at least 4 members (excludes halogenated alkanes) is 2. The van der Waals surface area contributed by atoms with Crippen LogP contribution in [0.25, 0.3) is 0 Å². The summed E-state index contributed by atoms with van der Waals surface area (Å²) >= 11 is 0. The summed E-state index contributed by atoms with van der Waals surface area (Å²) in [4.78, 5) is 2.69. The Kier molecular flexibility index (Phi) is 6.43. The highest BCUT2D eigenvalue weighted by molar-refractivity contribution is 5.19. The van der Waals surface area contributed by atoms with Crippen molar-refractivity contribution < 1.29 is 0 Å². The van der Waals surface area contributed by atoms with E-state index in [1.54, 1.807) is 5.56 Å². The smallest absolute Gasteiger partial charge is 0.00503 e. The number of hydrogen-bond donors (Lipinski definition) is 0. The van der Waals surface area contributed by atoms with Crippen molar-refractivity contribution in [2.24, 2.45) is 0 Å². The predicted octanol–water partition coefficient (Wildman–Crippen LogP) is 4.84. The van der Waals surface area contributed by atoms with Crippen LogP contribution in [0.1, 0.15) is 63.4 Å². The third kappa shape index (κ3) is 4.99. The molecule has 1 aromatic rings. The first-order chi connectivity index (χ1) is 9.40. The topological polar surface area (TPSA) is 3.24 Å². The van der Waals surface area contributed by atoms with E-state index in [0.29, 0.717) is 0 Å². The van der Waals surface area contributed by atoms with Crippen LogP contribution in [0, 0.1) is 0 Å². The summed E-state index contributed by atoms with van der Waals surface area (Å²) in [6, 6.07) is 11.2. The molecule has 2 rings (SSSR count). The Morgan fingerprint density at radius 3 is 2.42 bits per heavy atom. The molecule has 1 nitrogen and oxygen atoms in total. The first-order valence-electron chi connectivity index (χ1n) is 8.17. The Bertz CT molecular complexity index is 327. The zero-order valence-electron chi connectivity index (χ0n) is 12.5. The Hall–Kier alpha value is -0.820. The molecule has 106 valence electrons. The average molecular weight is 259 g/mol. The fourth-order valence-corrected chi connectivity index (χ4v) is 3.18. The summed E-state index contributed by atoms with van der Waals surface area (Å²) in [6.07, 6.45) is 9.67. The van der Waals surface area contributed by atoms with Gasteiger partial charge in [0.05, 0.1) is 0 Å². The second kappa shape index (κ2) is 8.37. The lowest BCUT2D eigenvalue weighted by Crippen LogP contribution is -2.33. The van der Waals surface area contributed by atoms with Crippen LogP contribution in [0.4, 0.5) is 0 Å². The quantitative estimate of drug-likeness (QED) is 0.634. The number of benzene rings is 1. The van der Waals surface area contributed by atoms with Crippen molar-refractivity contribution in [1.29, 1.82) is 0 Å². The Labute approximate surface area is 119 Å². The van der Waals surface area contributed by atoms with Gasteiger partial charge in [0.2, 0.25) is 0 Å². The molecule has 1 aromatic carbocycles. The van der Waals surface area contributed by atoms with E-state index in [-0.39, 0.29) is 0 Å². The lowest BCUT2D eigenvalue weighted by molar-refractivity contribution is 0.211. The highest BCUT2D eigenvalue weighted by Gasteiger charge is 2.17. The maximum Gasteiger partial charge on any atom is 0.00503 e. The molecule has 1 aliphatic rings. The van der Waals surface area contributed by atoms with Crippen LogP contribution in [0.5, 0.6) is 0 Å². The fraction of sp³-hybridized carbons (Fsp3) is 0.667. The van der Waals surface area contributed by atoms with Crippen LogP contribution in [-0.4, -0.2) is 24.5 Å². The van der Waals surface area contributed by atoms with Gasteiger partial charge in [-0.2, -0.15) is 0 Å². The largest absolute Gasteiger partial charge is 0.303 e. The van der Waals surface area contributed by atoms with E-state index >= 15 is 0 Å². The van der Waals surface area contributed by atoms with Gasteiger partial charge < -0.3 is 4.90 Å². The monoisotopic (exact) mass is 259 g/mol. The average Bonchev–Trinajstić information content (AvgIpc) is 2.48. The van der Waals surface area contributed by atoms with Crippen molar-refractivity contribution in [3.8, 4) is 0 Å². The van der Waals surface area contributed by atoms with Crippen LogP contribution in [0.2, 0.25) is 0 Å². The molecule has 0 radical (unpaired) electrons. The maximum atomic E-state index is 2.69. The van der Waals surface area contributed by atoms with Gasteiger partial charge in [-0.3, -0.25) is 0 Å². The second-order valence-electron chi connectivity index (χ2n) is 5.96. The van der Waals surface area contributed by atoms with E-state index in [0.717, 1.165) is 5.92 Å². The normalized spacial score (nSPS) is 18.4. The van der Waals surface area contributed by atoms with Gasteiger partial charge in [0.1, 0.15) is 0 Å². The molecule has 0 bridgehead atoms. The summed E-state index contributed by atoms with van der Waals surface area (Å²) in [6.45, 7) is 6.20.